The van der Waals surface area contributed by atoms with Crippen molar-refractivity contribution in [3.05, 3.63) is 93.4 Å². The van der Waals surface area contributed by atoms with Crippen molar-refractivity contribution in [2.75, 3.05) is 51.6 Å². The summed E-state index contributed by atoms with van der Waals surface area (Å²) in [5, 5.41) is 6.32. The molecule has 0 saturated carbocycles. The zero-order valence-corrected chi connectivity index (χ0v) is 23.6. The first kappa shape index (κ1) is 26.9. The predicted octanol–water partition coefficient (Wildman–Crippen LogP) is 3.63. The van der Waals surface area contributed by atoms with Gasteiger partial charge in [0, 0.05) is 63.0 Å². The third-order valence-corrected chi connectivity index (χ3v) is 7.89. The number of rotatable bonds is 8. The van der Waals surface area contributed by atoms with Gasteiger partial charge in [0.1, 0.15) is 5.56 Å². The fraction of sp³-hybridized carbons (Fsp3) is 0.312. The molecular formula is C32H35N7O2. The number of fused-ring (bicyclic) bond motifs is 2. The Balaban J connectivity index is 1.28. The Hall–Kier alpha value is -4.34. The molecule has 6 rings (SSSR count). The van der Waals surface area contributed by atoms with E-state index in [1.54, 1.807) is 6.20 Å². The Morgan fingerprint density at radius 2 is 1.85 bits per heavy atom. The maximum Gasteiger partial charge on any atom is 0.256 e. The summed E-state index contributed by atoms with van der Waals surface area (Å²) in [5.74, 6) is -0.0354. The van der Waals surface area contributed by atoms with Crippen LogP contribution in [0.2, 0.25) is 0 Å². The highest BCUT2D eigenvalue weighted by atomic mass is 16.2. The number of hydrogen-bond donors (Lipinski definition) is 2. The summed E-state index contributed by atoms with van der Waals surface area (Å²) in [6.45, 7) is 7.79. The molecule has 41 heavy (non-hydrogen) atoms. The predicted molar refractivity (Wildman–Crippen MR) is 163 cm³/mol. The van der Waals surface area contributed by atoms with E-state index in [9.17, 15) is 9.59 Å². The molecule has 210 valence electrons. The van der Waals surface area contributed by atoms with Crippen molar-refractivity contribution in [3.63, 3.8) is 0 Å². The summed E-state index contributed by atoms with van der Waals surface area (Å²) in [6.07, 6.45) is 9.21. The van der Waals surface area contributed by atoms with Gasteiger partial charge in [0.2, 0.25) is 11.4 Å². The molecule has 0 unspecified atom stereocenters. The molecule has 1 aliphatic carbocycles. The standard InChI is InChI=1S/C32H35N7O2/c1-3-33-31(41)28-21-39(26-12-9-23-5-4-6-24(23)19-26)30-27(29(28)40)20-34-32(36-30)35-25-10-7-22(8-11-25)13-14-38-17-15-37(2)16-18-38/h4,6-12,19-21H,3,5,13-18H2,1-2H3,(H,33,41)(H,34,35,36). The fourth-order valence-corrected chi connectivity index (χ4v) is 5.41. The van der Waals surface area contributed by atoms with Crippen LogP contribution < -0.4 is 16.1 Å². The van der Waals surface area contributed by atoms with Crippen molar-refractivity contribution in [3.8, 4) is 5.69 Å². The Kier molecular flexibility index (Phi) is 7.63. The van der Waals surface area contributed by atoms with Crippen molar-refractivity contribution < 1.29 is 4.79 Å². The van der Waals surface area contributed by atoms with Crippen LogP contribution in [0.15, 0.2) is 65.7 Å². The molecule has 9 heteroatoms. The highest BCUT2D eigenvalue weighted by molar-refractivity contribution is 5.97. The molecule has 1 saturated heterocycles. The number of benzene rings is 2. The van der Waals surface area contributed by atoms with E-state index in [0.29, 0.717) is 18.1 Å². The smallest absolute Gasteiger partial charge is 0.256 e. The molecule has 2 aliphatic rings. The monoisotopic (exact) mass is 549 g/mol. The molecule has 0 radical (unpaired) electrons. The summed E-state index contributed by atoms with van der Waals surface area (Å²) in [7, 11) is 2.18. The molecule has 0 bridgehead atoms. The first-order chi connectivity index (χ1) is 20.0. The summed E-state index contributed by atoms with van der Waals surface area (Å²) in [6, 6.07) is 14.5. The van der Waals surface area contributed by atoms with Crippen LogP contribution in [-0.2, 0) is 12.8 Å². The van der Waals surface area contributed by atoms with E-state index >= 15 is 0 Å². The van der Waals surface area contributed by atoms with E-state index < -0.39 is 5.91 Å². The molecular weight excluding hydrogens is 514 g/mol. The molecule has 1 fully saturated rings. The van der Waals surface area contributed by atoms with Crippen molar-refractivity contribution in [2.24, 2.45) is 0 Å². The lowest BCUT2D eigenvalue weighted by Gasteiger charge is -2.32. The summed E-state index contributed by atoms with van der Waals surface area (Å²) >= 11 is 0. The number of nitrogens with zero attached hydrogens (tertiary/aromatic N) is 5. The zero-order valence-electron chi connectivity index (χ0n) is 23.6. The molecule has 2 aromatic carbocycles. The second-order valence-electron chi connectivity index (χ2n) is 10.7. The number of carbonyl (C=O) groups excluding carboxylic acids is 1. The minimum atomic E-state index is -0.413. The lowest BCUT2D eigenvalue weighted by Crippen LogP contribution is -2.45. The molecule has 1 amide bonds. The molecule has 3 heterocycles. The minimum absolute atomic E-state index is 0.0619. The van der Waals surface area contributed by atoms with E-state index in [0.717, 1.165) is 62.5 Å². The molecule has 9 nitrogen and oxygen atoms in total. The van der Waals surface area contributed by atoms with Crippen LogP contribution in [0.5, 0.6) is 0 Å². The van der Waals surface area contributed by atoms with Gasteiger partial charge in [-0.05, 0) is 67.8 Å². The quantitative estimate of drug-likeness (QED) is 0.347. The third kappa shape index (κ3) is 5.77. The molecule has 2 aromatic heterocycles. The van der Waals surface area contributed by atoms with Crippen molar-refractivity contribution >= 4 is 34.7 Å². The van der Waals surface area contributed by atoms with Crippen molar-refractivity contribution in [1.82, 2.24) is 29.7 Å². The maximum atomic E-state index is 13.3. The van der Waals surface area contributed by atoms with Crippen LogP contribution in [0.3, 0.4) is 0 Å². The van der Waals surface area contributed by atoms with Crippen LogP contribution in [0.4, 0.5) is 11.6 Å². The SMILES string of the molecule is CCNC(=O)c1cn(-c2ccc3c(c2)C=CC3)c2nc(Nc3ccc(CCN4CCN(C)CC4)cc3)ncc2c1=O. The van der Waals surface area contributed by atoms with Gasteiger partial charge in [-0.3, -0.25) is 9.59 Å². The number of anilines is 2. The van der Waals surface area contributed by atoms with E-state index in [2.05, 4.69) is 68.9 Å². The first-order valence-corrected chi connectivity index (χ1v) is 14.3. The Labute approximate surface area is 239 Å². The normalized spacial score (nSPS) is 15.3. The Morgan fingerprint density at radius 1 is 1.05 bits per heavy atom. The second-order valence-corrected chi connectivity index (χ2v) is 10.7. The molecule has 4 aromatic rings. The van der Waals surface area contributed by atoms with E-state index in [1.165, 1.54) is 17.3 Å². The van der Waals surface area contributed by atoms with Crippen LogP contribution in [0.25, 0.3) is 22.8 Å². The van der Waals surface area contributed by atoms with Gasteiger partial charge in [-0.15, -0.1) is 0 Å². The molecule has 0 spiro atoms. The number of piperazine rings is 1. The summed E-state index contributed by atoms with van der Waals surface area (Å²) in [5.41, 5.74) is 5.44. The number of likely N-dealkylation sites (N-methyl/N-ethyl adjacent to an activating group) is 1. The van der Waals surface area contributed by atoms with Crippen LogP contribution >= 0.6 is 0 Å². The average molecular weight is 550 g/mol. The van der Waals surface area contributed by atoms with Gasteiger partial charge in [0.15, 0.2) is 5.65 Å². The second kappa shape index (κ2) is 11.6. The van der Waals surface area contributed by atoms with Gasteiger partial charge < -0.3 is 25.0 Å². The lowest BCUT2D eigenvalue weighted by molar-refractivity contribution is 0.0954. The molecule has 2 N–H and O–H groups in total. The topological polar surface area (TPSA) is 95.4 Å². The number of hydrogen-bond acceptors (Lipinski definition) is 7. The number of nitrogens with one attached hydrogen (secondary N) is 2. The van der Waals surface area contributed by atoms with E-state index in [4.69, 9.17) is 4.98 Å². The summed E-state index contributed by atoms with van der Waals surface area (Å²) < 4.78 is 1.81. The zero-order chi connectivity index (χ0) is 28.3. The highest BCUT2D eigenvalue weighted by Crippen LogP contribution is 2.25. The van der Waals surface area contributed by atoms with Gasteiger partial charge in [-0.2, -0.15) is 4.98 Å². The largest absolute Gasteiger partial charge is 0.352 e. The van der Waals surface area contributed by atoms with Gasteiger partial charge in [-0.25, -0.2) is 4.98 Å². The fourth-order valence-electron chi connectivity index (χ4n) is 5.41. The number of carbonyl (C=O) groups is 1. The van der Waals surface area contributed by atoms with Crippen molar-refractivity contribution in [1.29, 1.82) is 0 Å². The van der Waals surface area contributed by atoms with Crippen LogP contribution in [0.1, 0.15) is 34.0 Å². The maximum absolute atomic E-state index is 13.3. The Morgan fingerprint density at radius 3 is 2.63 bits per heavy atom. The number of pyridine rings is 1. The van der Waals surface area contributed by atoms with Crippen LogP contribution in [-0.4, -0.2) is 76.6 Å². The minimum Gasteiger partial charge on any atom is -0.352 e. The van der Waals surface area contributed by atoms with Gasteiger partial charge in [-0.1, -0.05) is 30.4 Å². The Bertz CT molecular complexity index is 1670. The number of aromatic nitrogens is 3. The van der Waals surface area contributed by atoms with Crippen molar-refractivity contribution in [2.45, 2.75) is 19.8 Å². The van der Waals surface area contributed by atoms with Gasteiger partial charge in [0.25, 0.3) is 5.91 Å². The molecule has 1 aliphatic heterocycles. The highest BCUT2D eigenvalue weighted by Gasteiger charge is 2.19. The number of allylic oxidation sites excluding steroid dienone is 1. The third-order valence-electron chi connectivity index (χ3n) is 7.89. The molecule has 0 atom stereocenters. The van der Waals surface area contributed by atoms with Crippen LogP contribution in [0, 0.1) is 0 Å². The number of amides is 1. The summed E-state index contributed by atoms with van der Waals surface area (Å²) in [4.78, 5) is 40.2. The lowest BCUT2D eigenvalue weighted by atomic mass is 10.1. The van der Waals surface area contributed by atoms with Gasteiger partial charge >= 0.3 is 0 Å². The average Bonchev–Trinajstić information content (AvgIpc) is 3.46. The first-order valence-electron chi connectivity index (χ1n) is 14.3. The van der Waals surface area contributed by atoms with E-state index in [1.807, 2.05) is 29.7 Å². The van der Waals surface area contributed by atoms with Gasteiger partial charge in [0.05, 0.1) is 5.39 Å². The van der Waals surface area contributed by atoms with E-state index in [-0.39, 0.29) is 16.4 Å².